The monoisotopic (exact) mass is 481 g/mol. The van der Waals surface area contributed by atoms with E-state index in [4.69, 9.17) is 0 Å². The van der Waals surface area contributed by atoms with Crippen LogP contribution in [0.5, 0.6) is 0 Å². The molecule has 0 bridgehead atoms. The first kappa shape index (κ1) is 22.1. The SMILES string of the molecule is CCS(=O)(=O)N1CCC(NC(=NC)NCc2ncccc2C)CC1.I. The second kappa shape index (κ2) is 10.3. The average molecular weight is 481 g/mol. The Morgan fingerprint density at radius 2 is 2.08 bits per heavy atom. The van der Waals surface area contributed by atoms with E-state index in [9.17, 15) is 8.42 Å². The second-order valence-electron chi connectivity index (χ2n) is 5.91. The van der Waals surface area contributed by atoms with Crippen LogP contribution in [0.25, 0.3) is 0 Å². The summed E-state index contributed by atoms with van der Waals surface area (Å²) < 4.78 is 25.4. The highest BCUT2D eigenvalue weighted by Gasteiger charge is 2.26. The highest BCUT2D eigenvalue weighted by molar-refractivity contribution is 14.0. The van der Waals surface area contributed by atoms with Crippen molar-refractivity contribution in [2.24, 2.45) is 4.99 Å². The summed E-state index contributed by atoms with van der Waals surface area (Å²) in [5.41, 5.74) is 2.13. The molecule has 1 aromatic rings. The van der Waals surface area contributed by atoms with Gasteiger partial charge in [-0.15, -0.1) is 24.0 Å². The summed E-state index contributed by atoms with van der Waals surface area (Å²) in [5.74, 6) is 0.884. The molecule has 0 amide bonds. The number of piperidine rings is 1. The van der Waals surface area contributed by atoms with E-state index in [1.165, 1.54) is 0 Å². The topological polar surface area (TPSA) is 86.7 Å². The van der Waals surface area contributed by atoms with Crippen LogP contribution in [-0.2, 0) is 16.6 Å². The fourth-order valence-electron chi connectivity index (χ4n) is 2.72. The van der Waals surface area contributed by atoms with Crippen molar-refractivity contribution >= 4 is 40.0 Å². The largest absolute Gasteiger partial charge is 0.354 e. The first-order valence-corrected chi connectivity index (χ1v) is 9.92. The van der Waals surface area contributed by atoms with Gasteiger partial charge in [-0.1, -0.05) is 6.07 Å². The average Bonchev–Trinajstić information content (AvgIpc) is 2.60. The van der Waals surface area contributed by atoms with E-state index in [0.717, 1.165) is 30.1 Å². The Morgan fingerprint density at radius 3 is 2.64 bits per heavy atom. The lowest BCUT2D eigenvalue weighted by atomic mass is 10.1. The molecule has 2 N–H and O–H groups in total. The number of pyridine rings is 1. The molecule has 0 spiro atoms. The number of halogens is 1. The van der Waals surface area contributed by atoms with Gasteiger partial charge in [0.25, 0.3) is 0 Å². The lowest BCUT2D eigenvalue weighted by molar-refractivity contribution is 0.306. The summed E-state index contributed by atoms with van der Waals surface area (Å²) >= 11 is 0. The summed E-state index contributed by atoms with van der Waals surface area (Å²) in [4.78, 5) is 8.60. The first-order valence-electron chi connectivity index (χ1n) is 8.31. The zero-order chi connectivity index (χ0) is 17.6. The molecule has 7 nitrogen and oxygen atoms in total. The molecule has 1 aromatic heterocycles. The summed E-state index contributed by atoms with van der Waals surface area (Å²) in [6.45, 7) is 5.44. The highest BCUT2D eigenvalue weighted by Crippen LogP contribution is 2.14. The number of aromatic nitrogens is 1. The van der Waals surface area contributed by atoms with Crippen molar-refractivity contribution in [3.05, 3.63) is 29.6 Å². The van der Waals surface area contributed by atoms with Gasteiger partial charge in [0, 0.05) is 32.4 Å². The van der Waals surface area contributed by atoms with Crippen molar-refractivity contribution in [2.45, 2.75) is 39.3 Å². The Balaban J connectivity index is 0.00000312. The number of hydrogen-bond acceptors (Lipinski definition) is 4. The molecule has 1 saturated heterocycles. The smallest absolute Gasteiger partial charge is 0.213 e. The van der Waals surface area contributed by atoms with Crippen LogP contribution in [0.2, 0.25) is 0 Å². The van der Waals surface area contributed by atoms with Gasteiger partial charge in [0.05, 0.1) is 18.0 Å². The number of sulfonamides is 1. The maximum absolute atomic E-state index is 11.9. The van der Waals surface area contributed by atoms with E-state index in [0.29, 0.717) is 19.6 Å². The van der Waals surface area contributed by atoms with E-state index in [1.54, 1.807) is 24.5 Å². The van der Waals surface area contributed by atoms with Gasteiger partial charge in [-0.05, 0) is 38.3 Å². The number of nitrogens with zero attached hydrogens (tertiary/aromatic N) is 3. The molecule has 0 unspecified atom stereocenters. The van der Waals surface area contributed by atoms with Crippen LogP contribution in [-0.4, -0.2) is 55.6 Å². The fourth-order valence-corrected chi connectivity index (χ4v) is 3.85. The lowest BCUT2D eigenvalue weighted by Crippen LogP contribution is -2.49. The van der Waals surface area contributed by atoms with Gasteiger partial charge < -0.3 is 10.6 Å². The van der Waals surface area contributed by atoms with E-state index < -0.39 is 10.0 Å². The van der Waals surface area contributed by atoms with Gasteiger partial charge >= 0.3 is 0 Å². The quantitative estimate of drug-likeness (QED) is 0.378. The summed E-state index contributed by atoms with van der Waals surface area (Å²) in [5, 5.41) is 6.65. The lowest BCUT2D eigenvalue weighted by Gasteiger charge is -2.32. The number of aliphatic imine (C=N–C) groups is 1. The number of nitrogens with one attached hydrogen (secondary N) is 2. The molecular formula is C16H28IN5O2S. The van der Waals surface area contributed by atoms with E-state index in [-0.39, 0.29) is 35.8 Å². The highest BCUT2D eigenvalue weighted by atomic mass is 127. The summed E-state index contributed by atoms with van der Waals surface area (Å²) in [6, 6.07) is 4.18. The minimum Gasteiger partial charge on any atom is -0.354 e. The van der Waals surface area contributed by atoms with Gasteiger partial charge in [0.1, 0.15) is 0 Å². The zero-order valence-electron chi connectivity index (χ0n) is 15.0. The molecular weight excluding hydrogens is 453 g/mol. The molecule has 1 aliphatic rings. The molecule has 1 fully saturated rings. The molecule has 2 rings (SSSR count). The van der Waals surface area contributed by atoms with Crippen molar-refractivity contribution < 1.29 is 8.42 Å². The Kier molecular flexibility index (Phi) is 9.08. The Hall–Kier alpha value is -0.940. The van der Waals surface area contributed by atoms with Crippen LogP contribution >= 0.6 is 24.0 Å². The fraction of sp³-hybridized carbons (Fsp3) is 0.625. The van der Waals surface area contributed by atoms with Gasteiger partial charge in [0.2, 0.25) is 10.0 Å². The van der Waals surface area contributed by atoms with Crippen molar-refractivity contribution in [1.82, 2.24) is 19.9 Å². The van der Waals surface area contributed by atoms with Crippen molar-refractivity contribution in [3.8, 4) is 0 Å². The summed E-state index contributed by atoms with van der Waals surface area (Å²) in [7, 11) is -1.34. The maximum atomic E-state index is 11.9. The second-order valence-corrected chi connectivity index (χ2v) is 8.17. The standard InChI is InChI=1S/C16H27N5O2S.HI/c1-4-24(22,23)21-10-7-14(8-11-21)20-16(17-3)19-12-15-13(2)6-5-9-18-15;/h5-6,9,14H,4,7-8,10-12H2,1-3H3,(H2,17,19,20);1H. The Morgan fingerprint density at radius 1 is 1.40 bits per heavy atom. The van der Waals surface area contributed by atoms with Crippen LogP contribution in [0.4, 0.5) is 0 Å². The minimum absolute atomic E-state index is 0. The normalized spacial score (nSPS) is 17.0. The number of hydrogen-bond donors (Lipinski definition) is 2. The minimum atomic E-state index is -3.08. The molecule has 0 atom stereocenters. The Bertz CT molecular complexity index is 673. The molecule has 1 aliphatic heterocycles. The van der Waals surface area contributed by atoms with Crippen molar-refractivity contribution in [1.29, 1.82) is 0 Å². The van der Waals surface area contributed by atoms with Crippen molar-refractivity contribution in [2.75, 3.05) is 25.9 Å². The molecule has 9 heteroatoms. The zero-order valence-corrected chi connectivity index (χ0v) is 18.2. The Labute approximate surface area is 167 Å². The van der Waals surface area contributed by atoms with Gasteiger partial charge in [0.15, 0.2) is 5.96 Å². The van der Waals surface area contributed by atoms with Crippen molar-refractivity contribution in [3.63, 3.8) is 0 Å². The van der Waals surface area contributed by atoms with Crippen LogP contribution in [0.3, 0.4) is 0 Å². The van der Waals surface area contributed by atoms with E-state index >= 15 is 0 Å². The van der Waals surface area contributed by atoms with Crippen LogP contribution in [0, 0.1) is 6.92 Å². The molecule has 25 heavy (non-hydrogen) atoms. The number of rotatable bonds is 5. The molecule has 0 radical (unpaired) electrons. The number of aryl methyl sites for hydroxylation is 1. The van der Waals surface area contributed by atoms with Crippen LogP contribution in [0.1, 0.15) is 31.0 Å². The van der Waals surface area contributed by atoms with Gasteiger partial charge in [-0.3, -0.25) is 9.98 Å². The van der Waals surface area contributed by atoms with E-state index in [2.05, 4.69) is 20.6 Å². The third-order valence-electron chi connectivity index (χ3n) is 4.32. The van der Waals surface area contributed by atoms with Crippen LogP contribution in [0.15, 0.2) is 23.3 Å². The molecule has 0 aliphatic carbocycles. The van der Waals surface area contributed by atoms with Gasteiger partial charge in [-0.2, -0.15) is 0 Å². The van der Waals surface area contributed by atoms with E-state index in [1.807, 2.05) is 19.1 Å². The first-order chi connectivity index (χ1) is 11.5. The third-order valence-corrected chi connectivity index (χ3v) is 6.20. The predicted octanol–water partition coefficient (Wildman–Crippen LogP) is 1.49. The third kappa shape index (κ3) is 6.37. The predicted molar refractivity (Wildman–Crippen MR) is 112 cm³/mol. The van der Waals surface area contributed by atoms with Crippen LogP contribution < -0.4 is 10.6 Å². The van der Waals surface area contributed by atoms with Gasteiger partial charge in [-0.25, -0.2) is 12.7 Å². The number of guanidine groups is 1. The molecule has 2 heterocycles. The summed E-state index contributed by atoms with van der Waals surface area (Å²) in [6.07, 6.45) is 3.34. The molecule has 0 saturated carbocycles. The maximum Gasteiger partial charge on any atom is 0.213 e. The molecule has 0 aromatic carbocycles. The molecule has 142 valence electrons.